The third kappa shape index (κ3) is 3.92. The number of rotatable bonds is 5. The molecule has 0 N–H and O–H groups in total. The van der Waals surface area contributed by atoms with Crippen molar-refractivity contribution in [2.24, 2.45) is 0 Å². The zero-order chi connectivity index (χ0) is 17.2. The number of alkyl halides is 2. The van der Waals surface area contributed by atoms with Gasteiger partial charge in [-0.15, -0.1) is 0 Å². The molecule has 0 saturated heterocycles. The number of nitro benzene ring substituents is 1. The number of hydrogen-bond acceptors (Lipinski definition) is 2. The molecule has 0 bridgehead atoms. The highest BCUT2D eigenvalue weighted by Crippen LogP contribution is 2.43. The largest absolute Gasteiger partial charge is 0.269 e. The fraction of sp³-hybridized carbons (Fsp3) is 0.333. The molecule has 0 aliphatic heterocycles. The highest BCUT2D eigenvalue weighted by Gasteiger charge is 2.38. The number of halogens is 2. The van der Waals surface area contributed by atoms with Crippen molar-refractivity contribution in [3.63, 3.8) is 0 Å². The van der Waals surface area contributed by atoms with Crippen molar-refractivity contribution in [3.8, 4) is 0 Å². The molecular weight excluding hydrogens is 300 g/mol. The zero-order valence-electron chi connectivity index (χ0n) is 13.3. The Morgan fingerprint density at radius 1 is 1.00 bits per heavy atom. The molecular formula is C18H19F2NO2. The lowest BCUT2D eigenvalue weighted by Gasteiger charge is -2.30. The van der Waals surface area contributed by atoms with Crippen LogP contribution < -0.4 is 0 Å². The maximum atomic E-state index is 15.0. The Balaban J connectivity index is 2.39. The van der Waals surface area contributed by atoms with E-state index in [-0.39, 0.29) is 11.3 Å². The quantitative estimate of drug-likeness (QED) is 0.543. The summed E-state index contributed by atoms with van der Waals surface area (Å²) in [5.41, 5.74) is -0.0979. The van der Waals surface area contributed by atoms with E-state index in [0.717, 1.165) is 5.56 Å². The van der Waals surface area contributed by atoms with Gasteiger partial charge in [0, 0.05) is 12.1 Å². The highest BCUT2D eigenvalue weighted by molar-refractivity contribution is 5.36. The van der Waals surface area contributed by atoms with E-state index < -0.39 is 22.7 Å². The average Bonchev–Trinajstić information content (AvgIpc) is 2.48. The maximum Gasteiger partial charge on any atom is 0.269 e. The lowest BCUT2D eigenvalue weighted by Crippen LogP contribution is -2.28. The minimum atomic E-state index is -1.78. The molecule has 122 valence electrons. The Morgan fingerprint density at radius 2 is 1.48 bits per heavy atom. The summed E-state index contributed by atoms with van der Waals surface area (Å²) in [6, 6.07) is 12.2. The van der Waals surface area contributed by atoms with Crippen LogP contribution in [0.3, 0.4) is 0 Å². The van der Waals surface area contributed by atoms with Gasteiger partial charge in [0.25, 0.3) is 5.69 Å². The van der Waals surface area contributed by atoms with Gasteiger partial charge in [-0.1, -0.05) is 29.8 Å². The minimum Gasteiger partial charge on any atom is -0.258 e. The SMILES string of the molecule is Cc1ccc([C@H]([C@H](F)c2ccc([N+](=O)[O-])cc2)C(C)(C)F)cc1. The summed E-state index contributed by atoms with van der Waals surface area (Å²) in [4.78, 5) is 10.1. The molecule has 0 spiro atoms. The summed E-state index contributed by atoms with van der Waals surface area (Å²) in [5.74, 6) is -0.996. The van der Waals surface area contributed by atoms with Gasteiger partial charge in [0.05, 0.1) is 10.8 Å². The van der Waals surface area contributed by atoms with E-state index in [0.29, 0.717) is 5.56 Å². The van der Waals surface area contributed by atoms with Gasteiger partial charge in [0.1, 0.15) is 11.8 Å². The topological polar surface area (TPSA) is 43.1 Å². The molecule has 0 saturated carbocycles. The molecule has 3 nitrogen and oxygen atoms in total. The van der Waals surface area contributed by atoms with Crippen LogP contribution in [0.25, 0.3) is 0 Å². The highest BCUT2D eigenvalue weighted by atomic mass is 19.2. The van der Waals surface area contributed by atoms with Crippen molar-refractivity contribution < 1.29 is 13.7 Å². The Morgan fingerprint density at radius 3 is 1.91 bits per heavy atom. The second kappa shape index (κ2) is 6.44. The van der Waals surface area contributed by atoms with E-state index in [1.54, 1.807) is 12.1 Å². The zero-order valence-corrected chi connectivity index (χ0v) is 13.3. The molecule has 0 aliphatic rings. The number of aryl methyl sites for hydroxylation is 1. The first-order valence-corrected chi connectivity index (χ1v) is 7.34. The van der Waals surface area contributed by atoms with Crippen LogP contribution in [-0.4, -0.2) is 10.6 Å². The fourth-order valence-corrected chi connectivity index (χ4v) is 2.66. The maximum absolute atomic E-state index is 15.0. The first-order valence-electron chi connectivity index (χ1n) is 7.34. The molecule has 5 heteroatoms. The normalized spacial score (nSPS) is 14.3. The Labute approximate surface area is 134 Å². The van der Waals surface area contributed by atoms with Crippen molar-refractivity contribution in [3.05, 3.63) is 75.3 Å². The van der Waals surface area contributed by atoms with Gasteiger partial charge < -0.3 is 0 Å². The first kappa shape index (κ1) is 17.1. The summed E-state index contributed by atoms with van der Waals surface area (Å²) in [7, 11) is 0. The molecule has 2 rings (SSSR count). The molecule has 0 aromatic heterocycles. The second-order valence-electron chi connectivity index (χ2n) is 6.20. The van der Waals surface area contributed by atoms with Gasteiger partial charge in [-0.3, -0.25) is 10.1 Å². The van der Waals surface area contributed by atoms with Crippen LogP contribution in [0.1, 0.15) is 42.6 Å². The molecule has 2 aromatic rings. The van der Waals surface area contributed by atoms with Crippen molar-refractivity contribution in [1.29, 1.82) is 0 Å². The Hall–Kier alpha value is -2.30. The van der Waals surface area contributed by atoms with E-state index in [2.05, 4.69) is 0 Å². The molecule has 2 aromatic carbocycles. The van der Waals surface area contributed by atoms with E-state index in [4.69, 9.17) is 0 Å². The molecule has 0 unspecified atom stereocenters. The van der Waals surface area contributed by atoms with Crippen LogP contribution in [0, 0.1) is 17.0 Å². The number of nitro groups is 1. The summed E-state index contributed by atoms with van der Waals surface area (Å²) in [6.45, 7) is 4.59. The van der Waals surface area contributed by atoms with Crippen molar-refractivity contribution in [2.75, 3.05) is 0 Å². The van der Waals surface area contributed by atoms with Crippen LogP contribution in [-0.2, 0) is 0 Å². The van der Waals surface area contributed by atoms with Crippen LogP contribution in [0.15, 0.2) is 48.5 Å². The van der Waals surface area contributed by atoms with E-state index in [1.807, 2.05) is 19.1 Å². The standard InChI is InChI=1S/C18H19F2NO2/c1-12-4-6-13(7-5-12)16(18(2,3)20)17(19)14-8-10-15(11-9-14)21(22)23/h4-11,16-17H,1-3H3/t16-,17-/m1/s1. The van der Waals surface area contributed by atoms with Crippen molar-refractivity contribution in [2.45, 2.75) is 38.5 Å². The van der Waals surface area contributed by atoms with Crippen LogP contribution in [0.2, 0.25) is 0 Å². The average molecular weight is 319 g/mol. The third-order valence-electron chi connectivity index (χ3n) is 3.89. The molecule has 0 fully saturated rings. The number of nitrogens with zero attached hydrogens (tertiary/aromatic N) is 1. The summed E-state index contributed by atoms with van der Waals surface area (Å²) in [6.07, 6.45) is -1.60. The molecule has 0 heterocycles. The van der Waals surface area contributed by atoms with Gasteiger partial charge in [0.2, 0.25) is 0 Å². The van der Waals surface area contributed by atoms with Gasteiger partial charge in [-0.05, 0) is 44.0 Å². The summed E-state index contributed by atoms with van der Waals surface area (Å²) >= 11 is 0. The molecule has 0 aliphatic carbocycles. The summed E-state index contributed by atoms with van der Waals surface area (Å²) < 4.78 is 29.6. The third-order valence-corrected chi connectivity index (χ3v) is 3.89. The number of hydrogen-bond donors (Lipinski definition) is 0. The lowest BCUT2D eigenvalue weighted by atomic mass is 9.80. The first-order chi connectivity index (χ1) is 10.7. The smallest absolute Gasteiger partial charge is 0.258 e. The minimum absolute atomic E-state index is 0.118. The van der Waals surface area contributed by atoms with E-state index >= 15 is 4.39 Å². The lowest BCUT2D eigenvalue weighted by molar-refractivity contribution is -0.384. The van der Waals surface area contributed by atoms with Gasteiger partial charge in [-0.25, -0.2) is 8.78 Å². The predicted molar refractivity (Wildman–Crippen MR) is 86.1 cm³/mol. The molecule has 23 heavy (non-hydrogen) atoms. The molecule has 0 amide bonds. The van der Waals surface area contributed by atoms with Gasteiger partial charge >= 0.3 is 0 Å². The van der Waals surface area contributed by atoms with Gasteiger partial charge in [0.15, 0.2) is 0 Å². The predicted octanol–water partition coefficient (Wildman–Crippen LogP) is 5.45. The number of benzene rings is 2. The van der Waals surface area contributed by atoms with Gasteiger partial charge in [-0.2, -0.15) is 0 Å². The van der Waals surface area contributed by atoms with Crippen LogP contribution in [0.5, 0.6) is 0 Å². The Kier molecular flexibility index (Phi) is 4.78. The fourth-order valence-electron chi connectivity index (χ4n) is 2.66. The van der Waals surface area contributed by atoms with Crippen molar-refractivity contribution >= 4 is 5.69 Å². The van der Waals surface area contributed by atoms with E-state index in [9.17, 15) is 14.5 Å². The Bertz CT molecular complexity index is 676. The van der Waals surface area contributed by atoms with Crippen LogP contribution in [0.4, 0.5) is 14.5 Å². The molecule has 0 radical (unpaired) electrons. The second-order valence-corrected chi connectivity index (χ2v) is 6.20. The van der Waals surface area contributed by atoms with Crippen LogP contribution >= 0.6 is 0 Å². The van der Waals surface area contributed by atoms with Crippen molar-refractivity contribution in [1.82, 2.24) is 0 Å². The number of non-ortho nitro benzene ring substituents is 1. The van der Waals surface area contributed by atoms with E-state index in [1.165, 1.54) is 38.1 Å². The monoisotopic (exact) mass is 319 g/mol. The summed E-state index contributed by atoms with van der Waals surface area (Å²) in [5, 5.41) is 10.7. The molecule has 2 atom stereocenters.